The van der Waals surface area contributed by atoms with Gasteiger partial charge in [-0.2, -0.15) is 23.4 Å². The summed E-state index contributed by atoms with van der Waals surface area (Å²) in [6.07, 6.45) is -0.551. The molecule has 1 aliphatic rings. The standard InChI is InChI=1S/C22H22F3N7O/c1-12-18-15(19(31(4)28-18)16-11-17(22(23,24)25)30(3)27-16)7-10-32(12)21(33)14-5-8-26-20-13(14)6-9-29(20)2/h5-6,8-9,11-12H,7,10H2,1-4H3. The van der Waals surface area contributed by atoms with Crippen molar-refractivity contribution >= 4 is 16.9 Å². The highest BCUT2D eigenvalue weighted by atomic mass is 19.4. The number of carbonyl (C=O) groups is 1. The third-order valence-corrected chi connectivity index (χ3v) is 6.31. The number of carbonyl (C=O) groups excluding carboxylic acids is 1. The fraction of sp³-hybridized carbons (Fsp3) is 0.364. The average molecular weight is 457 g/mol. The van der Waals surface area contributed by atoms with Crippen molar-refractivity contribution in [2.24, 2.45) is 21.1 Å². The number of rotatable bonds is 2. The van der Waals surface area contributed by atoms with Gasteiger partial charge in [-0.3, -0.25) is 14.2 Å². The molecule has 172 valence electrons. The maximum absolute atomic E-state index is 13.5. The largest absolute Gasteiger partial charge is 0.433 e. The molecule has 8 nitrogen and oxygen atoms in total. The number of pyridine rings is 1. The average Bonchev–Trinajstić information content (AvgIpc) is 3.42. The third-order valence-electron chi connectivity index (χ3n) is 6.31. The van der Waals surface area contributed by atoms with Crippen LogP contribution in [0.15, 0.2) is 30.6 Å². The molecule has 33 heavy (non-hydrogen) atoms. The number of alkyl halides is 3. The van der Waals surface area contributed by atoms with Crippen LogP contribution >= 0.6 is 0 Å². The molecule has 0 N–H and O–H groups in total. The van der Waals surface area contributed by atoms with E-state index in [1.54, 1.807) is 28.9 Å². The summed E-state index contributed by atoms with van der Waals surface area (Å²) in [7, 11) is 4.83. The second kappa shape index (κ2) is 7.19. The van der Waals surface area contributed by atoms with Crippen molar-refractivity contribution in [1.82, 2.24) is 34.0 Å². The Labute approximate surface area is 187 Å². The lowest BCUT2D eigenvalue weighted by atomic mass is 9.96. The molecule has 5 rings (SSSR count). The summed E-state index contributed by atoms with van der Waals surface area (Å²) in [5.74, 6) is -0.129. The van der Waals surface area contributed by atoms with Gasteiger partial charge in [-0.05, 0) is 31.5 Å². The second-order valence-corrected chi connectivity index (χ2v) is 8.32. The van der Waals surface area contributed by atoms with Crippen LogP contribution in [0.25, 0.3) is 22.4 Å². The van der Waals surface area contributed by atoms with E-state index in [1.165, 1.54) is 7.05 Å². The molecule has 1 atom stereocenters. The van der Waals surface area contributed by atoms with Crippen LogP contribution in [0.3, 0.4) is 0 Å². The number of hydrogen-bond acceptors (Lipinski definition) is 4. The van der Waals surface area contributed by atoms with E-state index < -0.39 is 11.9 Å². The van der Waals surface area contributed by atoms with E-state index in [-0.39, 0.29) is 17.6 Å². The maximum Gasteiger partial charge on any atom is 0.433 e. The van der Waals surface area contributed by atoms with Gasteiger partial charge in [0.15, 0.2) is 0 Å². The van der Waals surface area contributed by atoms with E-state index in [2.05, 4.69) is 15.2 Å². The van der Waals surface area contributed by atoms with Crippen molar-refractivity contribution in [3.63, 3.8) is 0 Å². The van der Waals surface area contributed by atoms with Crippen LogP contribution in [0.1, 0.15) is 40.3 Å². The van der Waals surface area contributed by atoms with E-state index in [9.17, 15) is 18.0 Å². The minimum absolute atomic E-state index is 0.129. The number of halogens is 3. The molecular weight excluding hydrogens is 435 g/mol. The lowest BCUT2D eigenvalue weighted by molar-refractivity contribution is -0.143. The molecule has 1 amide bonds. The summed E-state index contributed by atoms with van der Waals surface area (Å²) < 4.78 is 44.1. The monoisotopic (exact) mass is 457 g/mol. The predicted molar refractivity (Wildman–Crippen MR) is 114 cm³/mol. The number of fused-ring (bicyclic) bond motifs is 2. The fourth-order valence-electron chi connectivity index (χ4n) is 4.70. The Morgan fingerprint density at radius 1 is 1.12 bits per heavy atom. The quantitative estimate of drug-likeness (QED) is 0.462. The minimum atomic E-state index is -4.50. The number of aryl methyl sites for hydroxylation is 3. The zero-order valence-electron chi connectivity index (χ0n) is 18.6. The number of aromatic nitrogens is 6. The summed E-state index contributed by atoms with van der Waals surface area (Å²) in [5.41, 5.74) is 2.72. The maximum atomic E-state index is 13.5. The first kappa shape index (κ1) is 21.2. The smallest absolute Gasteiger partial charge is 0.336 e. The molecule has 0 bridgehead atoms. The van der Waals surface area contributed by atoms with E-state index in [0.717, 1.165) is 27.3 Å². The molecule has 4 aromatic heterocycles. The summed E-state index contributed by atoms with van der Waals surface area (Å²) >= 11 is 0. The van der Waals surface area contributed by atoms with E-state index >= 15 is 0 Å². The van der Waals surface area contributed by atoms with E-state index in [4.69, 9.17) is 0 Å². The van der Waals surface area contributed by atoms with Gasteiger partial charge in [0, 0.05) is 51.0 Å². The first-order valence-corrected chi connectivity index (χ1v) is 10.5. The Bertz CT molecular complexity index is 1400. The highest BCUT2D eigenvalue weighted by Gasteiger charge is 2.38. The molecular formula is C22H22F3N7O. The summed E-state index contributed by atoms with van der Waals surface area (Å²) in [5, 5.41) is 9.45. The van der Waals surface area contributed by atoms with Crippen LogP contribution in [0, 0.1) is 0 Å². The molecule has 0 spiro atoms. The highest BCUT2D eigenvalue weighted by Crippen LogP contribution is 2.38. The Morgan fingerprint density at radius 2 is 1.88 bits per heavy atom. The van der Waals surface area contributed by atoms with Crippen LogP contribution in [0.2, 0.25) is 0 Å². The van der Waals surface area contributed by atoms with Gasteiger partial charge < -0.3 is 9.47 Å². The first-order valence-electron chi connectivity index (χ1n) is 10.5. The number of amides is 1. The van der Waals surface area contributed by atoms with E-state index in [1.807, 2.05) is 30.8 Å². The molecule has 11 heteroatoms. The number of nitrogens with zero attached hydrogens (tertiary/aromatic N) is 7. The molecule has 0 aromatic carbocycles. The lowest BCUT2D eigenvalue weighted by Crippen LogP contribution is -2.39. The zero-order chi connectivity index (χ0) is 23.7. The Morgan fingerprint density at radius 3 is 2.58 bits per heavy atom. The van der Waals surface area contributed by atoms with Gasteiger partial charge in [0.2, 0.25) is 0 Å². The molecule has 0 fully saturated rings. The third kappa shape index (κ3) is 3.21. The van der Waals surface area contributed by atoms with Crippen molar-refractivity contribution < 1.29 is 18.0 Å². The Hall–Kier alpha value is -3.63. The molecule has 1 aliphatic heterocycles. The normalized spacial score (nSPS) is 16.5. The van der Waals surface area contributed by atoms with Gasteiger partial charge in [0.25, 0.3) is 5.91 Å². The molecule has 5 heterocycles. The van der Waals surface area contributed by atoms with Crippen molar-refractivity contribution in [3.05, 3.63) is 53.1 Å². The summed E-state index contributed by atoms with van der Waals surface area (Å²) in [6, 6.07) is 4.28. The topological polar surface area (TPSA) is 73.8 Å². The Balaban J connectivity index is 1.52. The zero-order valence-corrected chi connectivity index (χ0v) is 18.6. The molecule has 1 unspecified atom stereocenters. The van der Waals surface area contributed by atoms with Crippen LogP contribution in [-0.4, -0.2) is 46.5 Å². The van der Waals surface area contributed by atoms with Crippen molar-refractivity contribution in [1.29, 1.82) is 0 Å². The minimum Gasteiger partial charge on any atom is -0.336 e. The Kier molecular flexibility index (Phi) is 4.62. The molecule has 4 aromatic rings. The van der Waals surface area contributed by atoms with Gasteiger partial charge in [-0.1, -0.05) is 0 Å². The summed E-state index contributed by atoms with van der Waals surface area (Å²) in [4.78, 5) is 19.6. The molecule has 0 saturated carbocycles. The molecule has 0 radical (unpaired) electrons. The van der Waals surface area contributed by atoms with Crippen LogP contribution in [0.5, 0.6) is 0 Å². The second-order valence-electron chi connectivity index (χ2n) is 8.32. The summed E-state index contributed by atoms with van der Waals surface area (Å²) in [6.45, 7) is 2.30. The van der Waals surface area contributed by atoms with Gasteiger partial charge in [0.1, 0.15) is 17.0 Å². The van der Waals surface area contributed by atoms with Gasteiger partial charge in [-0.15, -0.1) is 0 Å². The van der Waals surface area contributed by atoms with Crippen LogP contribution in [0.4, 0.5) is 13.2 Å². The van der Waals surface area contributed by atoms with Gasteiger partial charge in [0.05, 0.1) is 23.0 Å². The van der Waals surface area contributed by atoms with Crippen molar-refractivity contribution in [2.45, 2.75) is 25.6 Å². The van der Waals surface area contributed by atoms with Gasteiger partial charge in [-0.25, -0.2) is 4.98 Å². The number of hydrogen-bond donors (Lipinski definition) is 0. The van der Waals surface area contributed by atoms with E-state index in [0.29, 0.717) is 29.9 Å². The van der Waals surface area contributed by atoms with Crippen LogP contribution < -0.4 is 0 Å². The first-order chi connectivity index (χ1) is 15.6. The lowest BCUT2D eigenvalue weighted by Gasteiger charge is -2.33. The highest BCUT2D eigenvalue weighted by molar-refractivity contribution is 6.05. The van der Waals surface area contributed by atoms with Crippen molar-refractivity contribution in [3.8, 4) is 11.4 Å². The molecule has 0 aliphatic carbocycles. The van der Waals surface area contributed by atoms with Crippen LogP contribution in [-0.2, 0) is 33.7 Å². The van der Waals surface area contributed by atoms with Crippen molar-refractivity contribution in [2.75, 3.05) is 6.54 Å². The predicted octanol–water partition coefficient (Wildman–Crippen LogP) is 3.49. The van der Waals surface area contributed by atoms with Gasteiger partial charge >= 0.3 is 6.18 Å². The fourth-order valence-corrected chi connectivity index (χ4v) is 4.70. The SMILES string of the molecule is CC1c2nn(C)c(-c3cc(C(F)(F)F)n(C)n3)c2CCN1C(=O)c1ccnc2c1ccn2C. The molecule has 0 saturated heterocycles.